The number of rotatable bonds is 6. The van der Waals surface area contributed by atoms with Gasteiger partial charge in [0.1, 0.15) is 0 Å². The van der Waals surface area contributed by atoms with E-state index in [1.807, 2.05) is 5.38 Å². The first kappa shape index (κ1) is 19.1. The van der Waals surface area contributed by atoms with Crippen LogP contribution in [0.4, 0.5) is 10.8 Å². The molecule has 148 valence electrons. The highest BCUT2D eigenvalue weighted by atomic mass is 32.1. The molecule has 28 heavy (non-hydrogen) atoms. The zero-order chi connectivity index (χ0) is 19.5. The normalized spacial score (nSPS) is 20.0. The molecular formula is C21H26N4O2S. The quantitative estimate of drug-likeness (QED) is 0.772. The first-order valence-electron chi connectivity index (χ1n) is 9.96. The Balaban J connectivity index is 1.30. The van der Waals surface area contributed by atoms with Crippen molar-refractivity contribution in [1.29, 1.82) is 0 Å². The summed E-state index contributed by atoms with van der Waals surface area (Å²) < 4.78 is 0. The minimum Gasteiger partial charge on any atom is -0.326 e. The molecule has 1 saturated carbocycles. The van der Waals surface area contributed by atoms with Gasteiger partial charge in [0.25, 0.3) is 5.91 Å². The predicted octanol–water partition coefficient (Wildman–Crippen LogP) is 3.98. The van der Waals surface area contributed by atoms with Crippen LogP contribution in [0.5, 0.6) is 0 Å². The van der Waals surface area contributed by atoms with Crippen LogP contribution in [0.2, 0.25) is 0 Å². The molecule has 2 N–H and O–H groups in total. The standard InChI is InChI=1S/C21H26N4O2S/c1-14-3-2-10-25(11-14)12-18-13-28-21(23-18)24-20(27)16-6-8-17(9-7-16)22-19(26)15-4-5-15/h6-9,13-15H,2-5,10-12H2,1H3,(H,22,26)(H,23,24,27). The summed E-state index contributed by atoms with van der Waals surface area (Å²) in [6.45, 7) is 5.36. The van der Waals surface area contributed by atoms with Gasteiger partial charge in [-0.05, 0) is 62.4 Å². The van der Waals surface area contributed by atoms with Crippen LogP contribution >= 0.6 is 11.3 Å². The van der Waals surface area contributed by atoms with Crippen molar-refractivity contribution in [2.24, 2.45) is 11.8 Å². The van der Waals surface area contributed by atoms with Gasteiger partial charge in [0, 0.05) is 35.6 Å². The molecule has 1 aromatic carbocycles. The van der Waals surface area contributed by atoms with Crippen LogP contribution < -0.4 is 10.6 Å². The highest BCUT2D eigenvalue weighted by molar-refractivity contribution is 7.13. The van der Waals surface area contributed by atoms with Crippen molar-refractivity contribution in [2.45, 2.75) is 39.2 Å². The fraction of sp³-hybridized carbons (Fsp3) is 0.476. The SMILES string of the molecule is CC1CCCN(Cc2csc(NC(=O)c3ccc(NC(=O)C4CC4)cc3)n2)C1. The Morgan fingerprint density at radius 2 is 1.96 bits per heavy atom. The summed E-state index contributed by atoms with van der Waals surface area (Å²) in [6, 6.07) is 6.98. The summed E-state index contributed by atoms with van der Waals surface area (Å²) in [6.07, 6.45) is 4.49. The van der Waals surface area contributed by atoms with E-state index in [0.717, 1.165) is 49.8 Å². The number of hydrogen-bond donors (Lipinski definition) is 2. The maximum atomic E-state index is 12.5. The third-order valence-electron chi connectivity index (χ3n) is 5.26. The average Bonchev–Trinajstić information content (AvgIpc) is 3.44. The molecule has 1 aliphatic heterocycles. The number of carbonyl (C=O) groups excluding carboxylic acids is 2. The first-order chi connectivity index (χ1) is 13.6. The van der Waals surface area contributed by atoms with Gasteiger partial charge in [-0.2, -0.15) is 0 Å². The van der Waals surface area contributed by atoms with Gasteiger partial charge in [-0.15, -0.1) is 11.3 Å². The monoisotopic (exact) mass is 398 g/mol. The van der Waals surface area contributed by atoms with Gasteiger partial charge in [0.15, 0.2) is 5.13 Å². The van der Waals surface area contributed by atoms with Crippen molar-refractivity contribution in [3.05, 3.63) is 40.9 Å². The van der Waals surface area contributed by atoms with E-state index in [1.165, 1.54) is 24.2 Å². The van der Waals surface area contributed by atoms with Gasteiger partial charge in [0.2, 0.25) is 5.91 Å². The molecule has 0 bridgehead atoms. The van der Waals surface area contributed by atoms with Gasteiger partial charge in [-0.3, -0.25) is 19.8 Å². The lowest BCUT2D eigenvalue weighted by molar-refractivity contribution is -0.117. The molecule has 4 rings (SSSR count). The molecule has 2 amide bonds. The molecule has 0 spiro atoms. The Kier molecular flexibility index (Phi) is 5.73. The number of likely N-dealkylation sites (tertiary alicyclic amines) is 1. The fourth-order valence-electron chi connectivity index (χ4n) is 3.56. The van der Waals surface area contributed by atoms with Gasteiger partial charge in [0.05, 0.1) is 5.69 Å². The number of aromatic nitrogens is 1. The molecule has 0 radical (unpaired) electrons. The number of nitrogens with one attached hydrogen (secondary N) is 2. The van der Waals surface area contributed by atoms with Crippen LogP contribution in [0, 0.1) is 11.8 Å². The number of piperidine rings is 1. The summed E-state index contributed by atoms with van der Waals surface area (Å²) in [5.74, 6) is 0.780. The van der Waals surface area contributed by atoms with Crippen molar-refractivity contribution in [1.82, 2.24) is 9.88 Å². The molecule has 1 aliphatic carbocycles. The molecule has 7 heteroatoms. The zero-order valence-corrected chi connectivity index (χ0v) is 16.9. The summed E-state index contributed by atoms with van der Waals surface area (Å²) in [5, 5.41) is 8.40. The minimum absolute atomic E-state index is 0.0654. The Morgan fingerprint density at radius 1 is 1.18 bits per heavy atom. The number of thiazole rings is 1. The smallest absolute Gasteiger partial charge is 0.257 e. The highest BCUT2D eigenvalue weighted by Gasteiger charge is 2.29. The molecule has 2 fully saturated rings. The molecule has 1 atom stereocenters. The van der Waals surface area contributed by atoms with Crippen LogP contribution in [0.25, 0.3) is 0 Å². The van der Waals surface area contributed by atoms with Gasteiger partial charge in [-0.25, -0.2) is 4.98 Å². The summed E-state index contributed by atoms with van der Waals surface area (Å²) >= 11 is 1.46. The average molecular weight is 399 g/mol. The Morgan fingerprint density at radius 3 is 2.68 bits per heavy atom. The summed E-state index contributed by atoms with van der Waals surface area (Å²) in [5.41, 5.74) is 2.28. The van der Waals surface area contributed by atoms with E-state index in [4.69, 9.17) is 0 Å². The van der Waals surface area contributed by atoms with Crippen LogP contribution in [0.3, 0.4) is 0 Å². The Bertz CT molecular complexity index is 844. The minimum atomic E-state index is -0.187. The van der Waals surface area contributed by atoms with Gasteiger partial charge in [-0.1, -0.05) is 6.92 Å². The zero-order valence-electron chi connectivity index (χ0n) is 16.1. The summed E-state index contributed by atoms with van der Waals surface area (Å²) in [7, 11) is 0. The number of anilines is 2. The lowest BCUT2D eigenvalue weighted by Crippen LogP contribution is -2.33. The lowest BCUT2D eigenvalue weighted by atomic mass is 10.0. The molecule has 2 aliphatic rings. The van der Waals surface area contributed by atoms with Gasteiger partial charge >= 0.3 is 0 Å². The highest BCUT2D eigenvalue weighted by Crippen LogP contribution is 2.30. The van der Waals surface area contributed by atoms with E-state index in [-0.39, 0.29) is 17.7 Å². The van der Waals surface area contributed by atoms with Crippen molar-refractivity contribution in [3.8, 4) is 0 Å². The topological polar surface area (TPSA) is 74.3 Å². The Hall–Kier alpha value is -2.25. The van der Waals surface area contributed by atoms with Crippen LogP contribution in [0.1, 0.15) is 48.7 Å². The third kappa shape index (κ3) is 4.97. The molecule has 1 unspecified atom stereocenters. The lowest BCUT2D eigenvalue weighted by Gasteiger charge is -2.30. The van der Waals surface area contributed by atoms with Gasteiger partial charge < -0.3 is 5.32 Å². The predicted molar refractivity (Wildman–Crippen MR) is 112 cm³/mol. The van der Waals surface area contributed by atoms with E-state index in [9.17, 15) is 9.59 Å². The fourth-order valence-corrected chi connectivity index (χ4v) is 4.26. The number of hydrogen-bond acceptors (Lipinski definition) is 5. The molecule has 1 saturated heterocycles. The van der Waals surface area contributed by atoms with Crippen LogP contribution in [-0.2, 0) is 11.3 Å². The third-order valence-corrected chi connectivity index (χ3v) is 6.07. The van der Waals surface area contributed by atoms with Crippen molar-refractivity contribution in [3.63, 3.8) is 0 Å². The van der Waals surface area contributed by atoms with Crippen molar-refractivity contribution in [2.75, 3.05) is 23.7 Å². The number of benzene rings is 1. The maximum absolute atomic E-state index is 12.5. The Labute approximate surface area is 169 Å². The van der Waals surface area contributed by atoms with E-state index in [0.29, 0.717) is 10.7 Å². The van der Waals surface area contributed by atoms with E-state index >= 15 is 0 Å². The second-order valence-corrected chi connectivity index (χ2v) is 8.78. The number of carbonyl (C=O) groups is 2. The molecule has 6 nitrogen and oxygen atoms in total. The first-order valence-corrected chi connectivity index (χ1v) is 10.8. The van der Waals surface area contributed by atoms with Crippen LogP contribution in [-0.4, -0.2) is 34.8 Å². The second kappa shape index (κ2) is 8.41. The van der Waals surface area contributed by atoms with Crippen molar-refractivity contribution < 1.29 is 9.59 Å². The molecular weight excluding hydrogens is 372 g/mol. The molecule has 2 heterocycles. The van der Waals surface area contributed by atoms with Crippen LogP contribution in [0.15, 0.2) is 29.6 Å². The number of amides is 2. The summed E-state index contributed by atoms with van der Waals surface area (Å²) in [4.78, 5) is 31.3. The van der Waals surface area contributed by atoms with E-state index < -0.39 is 0 Å². The largest absolute Gasteiger partial charge is 0.326 e. The maximum Gasteiger partial charge on any atom is 0.257 e. The molecule has 2 aromatic rings. The second-order valence-electron chi connectivity index (χ2n) is 7.92. The van der Waals surface area contributed by atoms with E-state index in [1.54, 1.807) is 24.3 Å². The van der Waals surface area contributed by atoms with E-state index in [2.05, 4.69) is 27.4 Å². The van der Waals surface area contributed by atoms with Crippen molar-refractivity contribution >= 4 is 34.0 Å². The molecule has 1 aromatic heterocycles. The number of nitrogens with zero attached hydrogens (tertiary/aromatic N) is 2.